The van der Waals surface area contributed by atoms with E-state index >= 15 is 0 Å². The molecule has 0 unspecified atom stereocenters. The van der Waals surface area contributed by atoms with E-state index in [1.165, 1.54) is 11.8 Å². The smallest absolute Gasteiger partial charge is 0.243 e. The van der Waals surface area contributed by atoms with Crippen molar-refractivity contribution in [1.29, 1.82) is 0 Å². The van der Waals surface area contributed by atoms with Crippen LogP contribution in [-0.4, -0.2) is 34.6 Å². The molecular weight excluding hydrogens is 487 g/mol. The van der Waals surface area contributed by atoms with Crippen molar-refractivity contribution in [3.8, 4) is 0 Å². The molecule has 2 aromatic rings. The normalized spacial score (nSPS) is 12.8. The zero-order chi connectivity index (χ0) is 23.7. The third kappa shape index (κ3) is 8.18. The maximum Gasteiger partial charge on any atom is 0.243 e. The van der Waals surface area contributed by atoms with E-state index in [1.807, 2.05) is 39.0 Å². The highest BCUT2D eigenvalue weighted by molar-refractivity contribution is 7.99. The van der Waals surface area contributed by atoms with Gasteiger partial charge < -0.3 is 10.2 Å². The lowest BCUT2D eigenvalue weighted by atomic mass is 10.1. The molecule has 0 aliphatic heterocycles. The van der Waals surface area contributed by atoms with Gasteiger partial charge in [0.2, 0.25) is 11.8 Å². The summed E-state index contributed by atoms with van der Waals surface area (Å²) in [5.74, 6) is 0.656. The average Bonchev–Trinajstić information content (AvgIpc) is 2.77. The molecule has 0 aliphatic carbocycles. The first-order chi connectivity index (χ1) is 15.2. The van der Waals surface area contributed by atoms with Crippen LogP contribution in [0.1, 0.15) is 44.7 Å². The molecule has 0 heterocycles. The first-order valence-electron chi connectivity index (χ1n) is 10.6. The summed E-state index contributed by atoms with van der Waals surface area (Å²) in [4.78, 5) is 27.8. The first-order valence-corrected chi connectivity index (χ1v) is 12.9. The van der Waals surface area contributed by atoms with E-state index in [0.29, 0.717) is 33.8 Å². The van der Waals surface area contributed by atoms with E-state index in [9.17, 15) is 9.59 Å². The fourth-order valence-corrected chi connectivity index (χ4v) is 4.42. The van der Waals surface area contributed by atoms with Gasteiger partial charge in [-0.25, -0.2) is 0 Å². The molecule has 0 radical (unpaired) electrons. The molecule has 2 atom stereocenters. The Kier molecular flexibility index (Phi) is 11.2. The Hall–Kier alpha value is -1.40. The molecule has 2 amide bonds. The van der Waals surface area contributed by atoms with Crippen molar-refractivity contribution in [3.63, 3.8) is 0 Å². The summed E-state index contributed by atoms with van der Waals surface area (Å²) in [6.07, 6.45) is 1.35. The number of halogens is 3. The molecule has 0 fully saturated rings. The zero-order valence-corrected chi connectivity index (χ0v) is 21.6. The minimum Gasteiger partial charge on any atom is -0.352 e. The van der Waals surface area contributed by atoms with Gasteiger partial charge in [-0.2, -0.15) is 0 Å². The number of rotatable bonds is 11. The van der Waals surface area contributed by atoms with Crippen LogP contribution in [0.2, 0.25) is 15.1 Å². The lowest BCUT2D eigenvalue weighted by Gasteiger charge is -2.31. The van der Waals surface area contributed by atoms with Gasteiger partial charge in [-0.3, -0.25) is 9.59 Å². The lowest BCUT2D eigenvalue weighted by Crippen LogP contribution is -2.51. The van der Waals surface area contributed by atoms with Crippen LogP contribution in [0, 0.1) is 0 Å². The second-order valence-corrected chi connectivity index (χ2v) is 9.87. The number of benzene rings is 2. The highest BCUT2D eigenvalue weighted by Gasteiger charge is 2.29. The van der Waals surface area contributed by atoms with Gasteiger partial charge in [0, 0.05) is 23.4 Å². The van der Waals surface area contributed by atoms with E-state index in [0.717, 1.165) is 17.5 Å². The number of hydrogen-bond donors (Lipinski definition) is 1. The van der Waals surface area contributed by atoms with Crippen LogP contribution >= 0.6 is 46.6 Å². The van der Waals surface area contributed by atoms with Gasteiger partial charge in [-0.1, -0.05) is 66.8 Å². The van der Waals surface area contributed by atoms with Crippen LogP contribution in [0.5, 0.6) is 0 Å². The quantitative estimate of drug-likeness (QED) is 0.367. The van der Waals surface area contributed by atoms with E-state index in [2.05, 4.69) is 5.32 Å². The van der Waals surface area contributed by atoms with E-state index in [1.54, 1.807) is 29.2 Å². The summed E-state index contributed by atoms with van der Waals surface area (Å²) in [6, 6.07) is 12.3. The fraction of sp³-hybridized carbons (Fsp3) is 0.417. The van der Waals surface area contributed by atoms with Crippen molar-refractivity contribution in [3.05, 3.63) is 68.7 Å². The van der Waals surface area contributed by atoms with Crippen molar-refractivity contribution in [2.24, 2.45) is 0 Å². The topological polar surface area (TPSA) is 49.4 Å². The van der Waals surface area contributed by atoms with Gasteiger partial charge in [-0.15, -0.1) is 11.8 Å². The van der Waals surface area contributed by atoms with Crippen LogP contribution in [0.15, 0.2) is 42.5 Å². The SMILES string of the molecule is CC[C@@H](C)NC(=O)[C@H](CC)N(Cc1ccc(Cl)cc1)C(=O)CSCc1ccc(Cl)c(Cl)c1. The van der Waals surface area contributed by atoms with Crippen molar-refractivity contribution in [2.75, 3.05) is 5.75 Å². The van der Waals surface area contributed by atoms with Gasteiger partial charge in [-0.05, 0) is 55.2 Å². The Morgan fingerprint density at radius 3 is 2.22 bits per heavy atom. The molecule has 1 N–H and O–H groups in total. The summed E-state index contributed by atoms with van der Waals surface area (Å²) in [6.45, 7) is 6.24. The van der Waals surface area contributed by atoms with Crippen LogP contribution < -0.4 is 5.32 Å². The van der Waals surface area contributed by atoms with E-state index in [-0.39, 0.29) is 23.6 Å². The molecule has 0 spiro atoms. The van der Waals surface area contributed by atoms with Crippen molar-refractivity contribution in [2.45, 2.75) is 58.0 Å². The maximum atomic E-state index is 13.2. The van der Waals surface area contributed by atoms with Crippen LogP contribution in [0.25, 0.3) is 0 Å². The number of carbonyl (C=O) groups excluding carboxylic acids is 2. The number of thioether (sulfide) groups is 1. The van der Waals surface area contributed by atoms with Crippen LogP contribution in [-0.2, 0) is 21.9 Å². The monoisotopic (exact) mass is 514 g/mol. The van der Waals surface area contributed by atoms with Crippen LogP contribution in [0.4, 0.5) is 0 Å². The predicted octanol–water partition coefficient (Wildman–Crippen LogP) is 6.60. The molecule has 174 valence electrons. The average molecular weight is 516 g/mol. The first kappa shape index (κ1) is 26.8. The number of hydrogen-bond acceptors (Lipinski definition) is 3. The molecule has 0 bridgehead atoms. The van der Waals surface area contributed by atoms with Crippen molar-refractivity contribution >= 4 is 58.4 Å². The second kappa shape index (κ2) is 13.3. The van der Waals surface area contributed by atoms with E-state index in [4.69, 9.17) is 34.8 Å². The van der Waals surface area contributed by atoms with Crippen molar-refractivity contribution < 1.29 is 9.59 Å². The summed E-state index contributed by atoms with van der Waals surface area (Å²) >= 11 is 19.5. The molecule has 32 heavy (non-hydrogen) atoms. The van der Waals surface area contributed by atoms with E-state index < -0.39 is 6.04 Å². The minimum absolute atomic E-state index is 0.0491. The largest absolute Gasteiger partial charge is 0.352 e. The Bertz CT molecular complexity index is 909. The Morgan fingerprint density at radius 1 is 0.969 bits per heavy atom. The van der Waals surface area contributed by atoms with Crippen molar-refractivity contribution in [1.82, 2.24) is 10.2 Å². The Morgan fingerprint density at radius 2 is 1.62 bits per heavy atom. The summed E-state index contributed by atoms with van der Waals surface area (Å²) in [5, 5.41) is 4.64. The summed E-state index contributed by atoms with van der Waals surface area (Å²) < 4.78 is 0. The molecule has 0 saturated heterocycles. The van der Waals surface area contributed by atoms with Gasteiger partial charge in [0.15, 0.2) is 0 Å². The van der Waals surface area contributed by atoms with Gasteiger partial charge in [0.25, 0.3) is 0 Å². The molecule has 8 heteroatoms. The lowest BCUT2D eigenvalue weighted by molar-refractivity contribution is -0.139. The second-order valence-electron chi connectivity index (χ2n) is 7.63. The Labute approximate surface area is 210 Å². The predicted molar refractivity (Wildman–Crippen MR) is 137 cm³/mol. The highest BCUT2D eigenvalue weighted by Crippen LogP contribution is 2.25. The zero-order valence-electron chi connectivity index (χ0n) is 18.5. The standard InChI is InChI=1S/C24H29Cl3N2O2S/c1-4-16(3)28-24(31)22(5-2)29(13-17-6-9-19(25)10-7-17)23(30)15-32-14-18-8-11-20(26)21(27)12-18/h6-12,16,22H,4-5,13-15H2,1-3H3,(H,28,31)/t16-,22+/m1/s1. The van der Waals surface area contributed by atoms with Crippen LogP contribution in [0.3, 0.4) is 0 Å². The fourth-order valence-electron chi connectivity index (χ4n) is 3.12. The maximum absolute atomic E-state index is 13.2. The van der Waals surface area contributed by atoms with Gasteiger partial charge in [0.1, 0.15) is 6.04 Å². The summed E-state index contributed by atoms with van der Waals surface area (Å²) in [5.41, 5.74) is 1.91. The Balaban J connectivity index is 2.13. The minimum atomic E-state index is -0.544. The highest BCUT2D eigenvalue weighted by atomic mass is 35.5. The van der Waals surface area contributed by atoms with Gasteiger partial charge >= 0.3 is 0 Å². The molecular formula is C24H29Cl3N2O2S. The third-order valence-electron chi connectivity index (χ3n) is 5.13. The molecule has 2 aromatic carbocycles. The molecule has 0 aliphatic rings. The van der Waals surface area contributed by atoms with Gasteiger partial charge in [0.05, 0.1) is 15.8 Å². The summed E-state index contributed by atoms with van der Waals surface area (Å²) in [7, 11) is 0. The molecule has 2 rings (SSSR count). The molecule has 4 nitrogen and oxygen atoms in total. The third-order valence-corrected chi connectivity index (χ3v) is 7.11. The molecule has 0 saturated carbocycles. The number of amides is 2. The number of nitrogens with one attached hydrogen (secondary N) is 1. The number of nitrogens with zero attached hydrogens (tertiary/aromatic N) is 1. The number of carbonyl (C=O) groups is 2. The molecule has 0 aromatic heterocycles.